The third-order valence-electron chi connectivity index (χ3n) is 3.57. The van der Waals surface area contributed by atoms with E-state index in [-0.39, 0.29) is 0 Å². The third kappa shape index (κ3) is 3.11. The van der Waals surface area contributed by atoms with Gasteiger partial charge < -0.3 is 9.47 Å². The Morgan fingerprint density at radius 3 is 2.40 bits per heavy atom. The molecule has 1 fully saturated rings. The summed E-state index contributed by atoms with van der Waals surface area (Å²) in [5.41, 5.74) is -0.947. The number of hydrogen-bond donors (Lipinski definition) is 0. The zero-order valence-corrected chi connectivity index (χ0v) is 11.7. The number of carbonyl (C=O) groups is 1. The maximum atomic E-state index is 12.1. The number of nitriles is 1. The normalized spacial score (nSPS) is 16.4. The fourth-order valence-corrected chi connectivity index (χ4v) is 2.37. The van der Waals surface area contributed by atoms with Crippen LogP contribution >= 0.6 is 0 Å². The minimum Gasteiger partial charge on any atom is -0.494 e. The van der Waals surface area contributed by atoms with Crippen molar-refractivity contribution in [2.24, 2.45) is 5.41 Å². The van der Waals surface area contributed by atoms with Crippen molar-refractivity contribution in [2.45, 2.75) is 39.0 Å². The summed E-state index contributed by atoms with van der Waals surface area (Å²) in [4.78, 5) is 12.1. The molecule has 1 aliphatic rings. The molecule has 0 aromatic heterocycles. The Bertz CT molecular complexity index is 495. The molecule has 2 rings (SSSR count). The lowest BCUT2D eigenvalue weighted by Crippen LogP contribution is -2.30. The quantitative estimate of drug-likeness (QED) is 0.609. The molecule has 106 valence electrons. The number of benzene rings is 1. The van der Waals surface area contributed by atoms with Crippen LogP contribution in [-0.4, -0.2) is 12.6 Å². The number of nitrogens with zero attached hydrogens (tertiary/aromatic N) is 1. The monoisotopic (exact) mass is 273 g/mol. The molecule has 1 saturated carbocycles. The van der Waals surface area contributed by atoms with Gasteiger partial charge in [-0.1, -0.05) is 19.8 Å². The van der Waals surface area contributed by atoms with E-state index in [2.05, 4.69) is 6.07 Å². The number of hydrogen-bond acceptors (Lipinski definition) is 4. The average molecular weight is 273 g/mol. The van der Waals surface area contributed by atoms with Crippen molar-refractivity contribution in [2.75, 3.05) is 6.61 Å². The van der Waals surface area contributed by atoms with Gasteiger partial charge in [-0.15, -0.1) is 0 Å². The summed E-state index contributed by atoms with van der Waals surface area (Å²) in [7, 11) is 0. The van der Waals surface area contributed by atoms with Gasteiger partial charge in [0.05, 0.1) is 12.7 Å². The molecule has 0 amide bonds. The molecule has 1 aromatic carbocycles. The van der Waals surface area contributed by atoms with E-state index in [1.807, 2.05) is 6.92 Å². The Morgan fingerprint density at radius 1 is 1.25 bits per heavy atom. The van der Waals surface area contributed by atoms with E-state index in [4.69, 9.17) is 9.47 Å². The van der Waals surface area contributed by atoms with Crippen molar-refractivity contribution in [1.29, 1.82) is 5.26 Å². The van der Waals surface area contributed by atoms with Crippen LogP contribution < -0.4 is 9.47 Å². The maximum Gasteiger partial charge on any atom is 0.331 e. The smallest absolute Gasteiger partial charge is 0.331 e. The molecule has 20 heavy (non-hydrogen) atoms. The highest BCUT2D eigenvalue weighted by molar-refractivity contribution is 5.82. The molecular weight excluding hydrogens is 254 g/mol. The molecule has 0 heterocycles. The molecule has 0 saturated heterocycles. The Morgan fingerprint density at radius 2 is 1.85 bits per heavy atom. The van der Waals surface area contributed by atoms with E-state index in [0.717, 1.165) is 25.0 Å². The second-order valence-electron chi connectivity index (χ2n) is 5.11. The van der Waals surface area contributed by atoms with Crippen molar-refractivity contribution in [3.63, 3.8) is 0 Å². The van der Waals surface area contributed by atoms with Gasteiger partial charge in [0, 0.05) is 0 Å². The SMILES string of the molecule is CCCOc1ccc(OC(=O)C2(C#N)CCCC2)cc1. The van der Waals surface area contributed by atoms with Gasteiger partial charge in [-0.05, 0) is 43.5 Å². The summed E-state index contributed by atoms with van der Waals surface area (Å²) >= 11 is 0. The summed E-state index contributed by atoms with van der Waals surface area (Å²) in [6.45, 7) is 2.70. The minimum absolute atomic E-state index is 0.431. The van der Waals surface area contributed by atoms with Crippen LogP contribution in [0.25, 0.3) is 0 Å². The summed E-state index contributed by atoms with van der Waals surface area (Å²) in [6, 6.07) is 9.07. The first-order valence-corrected chi connectivity index (χ1v) is 7.06. The van der Waals surface area contributed by atoms with Crippen LogP contribution in [0, 0.1) is 16.7 Å². The summed E-state index contributed by atoms with van der Waals surface area (Å²) in [5, 5.41) is 9.24. The Balaban J connectivity index is 1.99. The molecule has 0 N–H and O–H groups in total. The minimum atomic E-state index is -0.947. The van der Waals surface area contributed by atoms with E-state index in [9.17, 15) is 10.1 Å². The van der Waals surface area contributed by atoms with Crippen LogP contribution in [0.5, 0.6) is 11.5 Å². The van der Waals surface area contributed by atoms with Gasteiger partial charge in [0.15, 0.2) is 5.41 Å². The van der Waals surface area contributed by atoms with Crippen molar-refractivity contribution < 1.29 is 14.3 Å². The zero-order chi connectivity index (χ0) is 14.4. The first-order chi connectivity index (χ1) is 9.70. The summed E-state index contributed by atoms with van der Waals surface area (Å²) < 4.78 is 10.8. The molecule has 0 unspecified atom stereocenters. The van der Waals surface area contributed by atoms with E-state index >= 15 is 0 Å². The van der Waals surface area contributed by atoms with Crippen LogP contribution in [0.2, 0.25) is 0 Å². The predicted octanol–water partition coefficient (Wildman–Crippen LogP) is 3.46. The molecule has 4 heteroatoms. The number of rotatable bonds is 5. The third-order valence-corrected chi connectivity index (χ3v) is 3.57. The Hall–Kier alpha value is -2.02. The van der Waals surface area contributed by atoms with Crippen LogP contribution in [-0.2, 0) is 4.79 Å². The fourth-order valence-electron chi connectivity index (χ4n) is 2.37. The highest BCUT2D eigenvalue weighted by Crippen LogP contribution is 2.38. The number of esters is 1. The first-order valence-electron chi connectivity index (χ1n) is 7.06. The molecule has 1 aliphatic carbocycles. The van der Waals surface area contributed by atoms with Gasteiger partial charge in [0.2, 0.25) is 0 Å². The molecule has 4 nitrogen and oxygen atoms in total. The van der Waals surface area contributed by atoms with Crippen molar-refractivity contribution >= 4 is 5.97 Å². The van der Waals surface area contributed by atoms with E-state index in [1.165, 1.54) is 0 Å². The van der Waals surface area contributed by atoms with Gasteiger partial charge in [0.25, 0.3) is 0 Å². The van der Waals surface area contributed by atoms with Crippen LogP contribution in [0.4, 0.5) is 0 Å². The average Bonchev–Trinajstić information content (AvgIpc) is 2.97. The molecule has 0 radical (unpaired) electrons. The van der Waals surface area contributed by atoms with Gasteiger partial charge in [-0.25, -0.2) is 4.79 Å². The number of carbonyl (C=O) groups excluding carboxylic acids is 1. The summed E-state index contributed by atoms with van der Waals surface area (Å²) in [6.07, 6.45) is 3.96. The van der Waals surface area contributed by atoms with E-state index in [0.29, 0.717) is 25.2 Å². The standard InChI is InChI=1S/C16H19NO3/c1-2-11-19-13-5-7-14(8-6-13)20-15(18)16(12-17)9-3-4-10-16/h5-8H,2-4,9-11H2,1H3. The molecule has 0 atom stereocenters. The lowest BCUT2D eigenvalue weighted by atomic mass is 9.88. The van der Waals surface area contributed by atoms with Crippen molar-refractivity contribution in [3.05, 3.63) is 24.3 Å². The predicted molar refractivity (Wildman–Crippen MR) is 74.4 cm³/mol. The van der Waals surface area contributed by atoms with Crippen LogP contribution in [0.15, 0.2) is 24.3 Å². The summed E-state index contributed by atoms with van der Waals surface area (Å²) in [5.74, 6) is 0.780. The highest BCUT2D eigenvalue weighted by Gasteiger charge is 2.43. The van der Waals surface area contributed by atoms with Gasteiger partial charge in [-0.2, -0.15) is 5.26 Å². The number of ether oxygens (including phenoxy) is 2. The van der Waals surface area contributed by atoms with Gasteiger partial charge in [0.1, 0.15) is 11.5 Å². The molecule has 1 aromatic rings. The topological polar surface area (TPSA) is 59.3 Å². The van der Waals surface area contributed by atoms with Crippen molar-refractivity contribution in [1.82, 2.24) is 0 Å². The second-order valence-corrected chi connectivity index (χ2v) is 5.11. The maximum absolute atomic E-state index is 12.1. The lowest BCUT2D eigenvalue weighted by Gasteiger charge is -2.17. The van der Waals surface area contributed by atoms with Crippen molar-refractivity contribution in [3.8, 4) is 17.6 Å². The highest BCUT2D eigenvalue weighted by atomic mass is 16.5. The first kappa shape index (κ1) is 14.4. The Kier molecular flexibility index (Phi) is 4.62. The van der Waals surface area contributed by atoms with E-state index < -0.39 is 11.4 Å². The molecule has 0 bridgehead atoms. The zero-order valence-electron chi connectivity index (χ0n) is 11.7. The second kappa shape index (κ2) is 6.42. The molecule has 0 spiro atoms. The van der Waals surface area contributed by atoms with Crippen LogP contribution in [0.3, 0.4) is 0 Å². The largest absolute Gasteiger partial charge is 0.494 e. The van der Waals surface area contributed by atoms with Gasteiger partial charge in [-0.3, -0.25) is 0 Å². The molecule has 0 aliphatic heterocycles. The Labute approximate surface area is 119 Å². The molecular formula is C16H19NO3. The van der Waals surface area contributed by atoms with E-state index in [1.54, 1.807) is 24.3 Å². The van der Waals surface area contributed by atoms with Gasteiger partial charge >= 0.3 is 5.97 Å². The van der Waals surface area contributed by atoms with Crippen LogP contribution in [0.1, 0.15) is 39.0 Å². The fraction of sp³-hybridized carbons (Fsp3) is 0.500. The lowest BCUT2D eigenvalue weighted by molar-refractivity contribution is -0.142.